The van der Waals surface area contributed by atoms with Crippen LogP contribution in [0, 0.1) is 6.42 Å². The van der Waals surface area contributed by atoms with E-state index < -0.39 is 0 Å². The second-order valence-corrected chi connectivity index (χ2v) is 6.00. The zero-order chi connectivity index (χ0) is 14.7. The highest BCUT2D eigenvalue weighted by Gasteiger charge is 2.22. The number of aryl methyl sites for hydroxylation is 1. The van der Waals surface area contributed by atoms with Gasteiger partial charge in [-0.2, -0.15) is 0 Å². The SMILES string of the molecule is CCCCc1ccc2c(c1CCCC)[C]c1ccccc1-2. The molecule has 108 valence electrons. The summed E-state index contributed by atoms with van der Waals surface area (Å²) in [6.07, 6.45) is 11.1. The number of rotatable bonds is 6. The van der Waals surface area contributed by atoms with Crippen molar-refractivity contribution in [1.82, 2.24) is 0 Å². The van der Waals surface area contributed by atoms with Crippen molar-refractivity contribution < 1.29 is 0 Å². The molecule has 0 spiro atoms. The molecule has 0 heterocycles. The molecule has 0 unspecified atom stereocenters. The van der Waals surface area contributed by atoms with E-state index in [0.29, 0.717) is 0 Å². The Hall–Kier alpha value is -1.56. The zero-order valence-corrected chi connectivity index (χ0v) is 13.2. The van der Waals surface area contributed by atoms with E-state index in [1.54, 1.807) is 11.1 Å². The molecule has 21 heavy (non-hydrogen) atoms. The molecule has 0 aliphatic heterocycles. The van der Waals surface area contributed by atoms with Crippen LogP contribution in [-0.2, 0) is 12.8 Å². The molecule has 0 amide bonds. The van der Waals surface area contributed by atoms with Crippen LogP contribution >= 0.6 is 0 Å². The van der Waals surface area contributed by atoms with E-state index in [1.165, 1.54) is 60.8 Å². The Labute approximate surface area is 129 Å². The maximum atomic E-state index is 3.67. The quantitative estimate of drug-likeness (QED) is 0.531. The second kappa shape index (κ2) is 6.47. The summed E-state index contributed by atoms with van der Waals surface area (Å²) >= 11 is 0. The van der Waals surface area contributed by atoms with Gasteiger partial charge in [-0.25, -0.2) is 0 Å². The van der Waals surface area contributed by atoms with Gasteiger partial charge >= 0.3 is 0 Å². The summed E-state index contributed by atoms with van der Waals surface area (Å²) < 4.78 is 0. The fraction of sp³-hybridized carbons (Fsp3) is 0.381. The Bertz CT molecular complexity index is 622. The molecule has 0 nitrogen and oxygen atoms in total. The van der Waals surface area contributed by atoms with Crippen molar-refractivity contribution >= 4 is 0 Å². The molecular weight excluding hydrogens is 252 g/mol. The minimum absolute atomic E-state index is 1.19. The summed E-state index contributed by atoms with van der Waals surface area (Å²) in [5.41, 5.74) is 8.48. The number of benzene rings is 2. The minimum Gasteiger partial charge on any atom is -0.0654 e. The first-order chi connectivity index (χ1) is 10.3. The van der Waals surface area contributed by atoms with Crippen molar-refractivity contribution in [2.75, 3.05) is 0 Å². The topological polar surface area (TPSA) is 0 Å². The lowest BCUT2D eigenvalue weighted by atomic mass is 9.90. The van der Waals surface area contributed by atoms with Gasteiger partial charge in [0.2, 0.25) is 0 Å². The van der Waals surface area contributed by atoms with Crippen LogP contribution in [0.15, 0.2) is 36.4 Å². The molecule has 3 rings (SSSR count). The van der Waals surface area contributed by atoms with Crippen LogP contribution in [0.3, 0.4) is 0 Å². The first kappa shape index (κ1) is 14.4. The van der Waals surface area contributed by atoms with E-state index >= 15 is 0 Å². The van der Waals surface area contributed by atoms with Crippen molar-refractivity contribution in [1.29, 1.82) is 0 Å². The molecule has 0 saturated heterocycles. The standard InChI is InChI=1S/C21H24/c1-3-5-9-16-13-14-20-19-12-8-7-10-17(19)15-21(20)18(16)11-6-4-2/h7-8,10,12-14H,3-6,9,11H2,1-2H3. The van der Waals surface area contributed by atoms with E-state index in [1.807, 2.05) is 0 Å². The molecule has 2 aromatic rings. The summed E-state index contributed by atoms with van der Waals surface area (Å²) in [7, 11) is 0. The van der Waals surface area contributed by atoms with Crippen LogP contribution in [0.2, 0.25) is 0 Å². The van der Waals surface area contributed by atoms with E-state index in [-0.39, 0.29) is 0 Å². The Morgan fingerprint density at radius 1 is 0.810 bits per heavy atom. The van der Waals surface area contributed by atoms with Crippen LogP contribution in [-0.4, -0.2) is 0 Å². The van der Waals surface area contributed by atoms with Crippen molar-refractivity contribution in [3.8, 4) is 11.1 Å². The van der Waals surface area contributed by atoms with E-state index in [9.17, 15) is 0 Å². The normalized spacial score (nSPS) is 12.3. The van der Waals surface area contributed by atoms with Crippen LogP contribution in [0.1, 0.15) is 61.8 Å². The Morgan fingerprint density at radius 2 is 1.57 bits per heavy atom. The van der Waals surface area contributed by atoms with Gasteiger partial charge in [-0.05, 0) is 59.1 Å². The monoisotopic (exact) mass is 276 g/mol. The predicted octanol–water partition coefficient (Wildman–Crippen LogP) is 5.83. The number of hydrogen-bond acceptors (Lipinski definition) is 0. The highest BCUT2D eigenvalue weighted by atomic mass is 14.3. The lowest BCUT2D eigenvalue weighted by Gasteiger charge is -2.14. The molecule has 2 aromatic carbocycles. The predicted molar refractivity (Wildman–Crippen MR) is 90.5 cm³/mol. The molecule has 0 atom stereocenters. The Balaban J connectivity index is 2.02. The Kier molecular flexibility index (Phi) is 4.43. The third-order valence-electron chi connectivity index (χ3n) is 4.47. The maximum Gasteiger partial charge on any atom is 0.0517 e. The first-order valence-corrected chi connectivity index (χ1v) is 8.36. The van der Waals surface area contributed by atoms with Gasteiger partial charge in [0.05, 0.1) is 6.42 Å². The van der Waals surface area contributed by atoms with Gasteiger partial charge in [0.15, 0.2) is 0 Å². The fourth-order valence-electron chi connectivity index (χ4n) is 3.26. The molecule has 0 aromatic heterocycles. The smallest absolute Gasteiger partial charge is 0.0517 e. The number of fused-ring (bicyclic) bond motifs is 3. The third kappa shape index (κ3) is 2.77. The number of unbranched alkanes of at least 4 members (excludes halogenated alkanes) is 2. The highest BCUT2D eigenvalue weighted by molar-refractivity contribution is 5.82. The van der Waals surface area contributed by atoms with Crippen LogP contribution in [0.25, 0.3) is 11.1 Å². The zero-order valence-electron chi connectivity index (χ0n) is 13.2. The molecule has 0 bridgehead atoms. The van der Waals surface area contributed by atoms with Gasteiger partial charge in [0.1, 0.15) is 0 Å². The van der Waals surface area contributed by atoms with Gasteiger partial charge in [0.25, 0.3) is 0 Å². The molecule has 1 aliphatic carbocycles. The van der Waals surface area contributed by atoms with Crippen LogP contribution in [0.5, 0.6) is 0 Å². The molecule has 0 heteroatoms. The largest absolute Gasteiger partial charge is 0.0654 e. The summed E-state index contributed by atoms with van der Waals surface area (Å²) in [6, 6.07) is 13.3. The summed E-state index contributed by atoms with van der Waals surface area (Å²) in [4.78, 5) is 0. The molecule has 1 aliphatic rings. The summed E-state index contributed by atoms with van der Waals surface area (Å²) in [5, 5.41) is 0. The number of hydrogen-bond donors (Lipinski definition) is 0. The molecule has 0 N–H and O–H groups in total. The van der Waals surface area contributed by atoms with Gasteiger partial charge in [0, 0.05) is 0 Å². The summed E-state index contributed by atoms with van der Waals surface area (Å²) in [6.45, 7) is 4.55. The maximum absolute atomic E-state index is 3.67. The Morgan fingerprint density at radius 3 is 2.38 bits per heavy atom. The van der Waals surface area contributed by atoms with Crippen molar-refractivity contribution in [3.05, 3.63) is 65.1 Å². The van der Waals surface area contributed by atoms with Gasteiger partial charge in [-0.3, -0.25) is 0 Å². The molecule has 2 radical (unpaired) electrons. The van der Waals surface area contributed by atoms with Crippen molar-refractivity contribution in [3.63, 3.8) is 0 Å². The van der Waals surface area contributed by atoms with E-state index in [4.69, 9.17) is 0 Å². The lowest BCUT2D eigenvalue weighted by molar-refractivity contribution is 0.756. The fourth-order valence-corrected chi connectivity index (χ4v) is 3.26. The lowest BCUT2D eigenvalue weighted by Crippen LogP contribution is -2.00. The third-order valence-corrected chi connectivity index (χ3v) is 4.47. The van der Waals surface area contributed by atoms with Crippen LogP contribution < -0.4 is 0 Å². The van der Waals surface area contributed by atoms with Gasteiger partial charge < -0.3 is 0 Å². The van der Waals surface area contributed by atoms with Crippen molar-refractivity contribution in [2.45, 2.75) is 52.4 Å². The molecular formula is C21H24. The van der Waals surface area contributed by atoms with Crippen molar-refractivity contribution in [2.24, 2.45) is 0 Å². The average molecular weight is 276 g/mol. The minimum atomic E-state index is 1.19. The average Bonchev–Trinajstić information content (AvgIpc) is 2.90. The van der Waals surface area contributed by atoms with E-state index in [0.717, 1.165) is 0 Å². The first-order valence-electron chi connectivity index (χ1n) is 8.36. The van der Waals surface area contributed by atoms with Gasteiger partial charge in [-0.15, -0.1) is 0 Å². The van der Waals surface area contributed by atoms with Crippen LogP contribution in [0.4, 0.5) is 0 Å². The van der Waals surface area contributed by atoms with E-state index in [2.05, 4.69) is 56.7 Å². The second-order valence-electron chi connectivity index (χ2n) is 6.00. The molecule has 0 fully saturated rings. The van der Waals surface area contributed by atoms with Gasteiger partial charge in [-0.1, -0.05) is 63.1 Å². The highest BCUT2D eigenvalue weighted by Crippen LogP contribution is 2.41. The summed E-state index contributed by atoms with van der Waals surface area (Å²) in [5.74, 6) is 0. The molecule has 0 saturated carbocycles.